The average Bonchev–Trinajstić information content (AvgIpc) is 1.54. The summed E-state index contributed by atoms with van der Waals surface area (Å²) in [5.74, 6) is 8.39. The summed E-state index contributed by atoms with van der Waals surface area (Å²) < 4.78 is 2.06. The molecule has 24 heteroatoms. The van der Waals surface area contributed by atoms with Crippen molar-refractivity contribution in [2.75, 3.05) is 88.7 Å². The lowest BCUT2D eigenvalue weighted by atomic mass is 10.0. The van der Waals surface area contributed by atoms with Gasteiger partial charge in [-0.2, -0.15) is 0 Å². The number of aromatic nitrogens is 8. The van der Waals surface area contributed by atoms with E-state index in [0.717, 1.165) is 144 Å². The summed E-state index contributed by atoms with van der Waals surface area (Å²) in [5, 5.41) is 31.7. The molecule has 16 nitrogen and oxygen atoms in total. The first-order valence-electron chi connectivity index (χ1n) is 40.6. The molecule has 0 unspecified atom stereocenters. The number of rotatable bonds is 32. The van der Waals surface area contributed by atoms with Crippen molar-refractivity contribution >= 4 is 224 Å². The standard InChI is InChI=1S/C96H90N16S8/c1-9-113-81-71-72(82(114-10-2)86(118-14-6)85(81)117-13-5)92-106-91(71)105-89-66-57-67(97-58-41-25-17-26-42-58)75(98-59-43-27-18-28-44-59)76(99-60-45-29-19-30-46-60)68(66)90(104-89)109-95-69-70(78(101-62-49-33-21-34-50-62)80(103-64-53-37-23-38-54-64)79(102-63-51-35-22-36-52-63)77(69)100-61-47-31-20-32-48-61)96(112(95)111-65-55-39-24-40-56-65)110-94-74-73(93(107-92)108-94)83(115-11-3)87(119-15-7)88(120-16-8)84(74)116-12-4/h17-57,97-103,111H,9-16H2,1-8H3,(H,104,105,106,107,108,109,110). The number of thioether (sulfide) groups is 8. The molecule has 0 spiro atoms. The van der Waals surface area contributed by atoms with Crippen molar-refractivity contribution in [3.8, 4) is 45.6 Å². The van der Waals surface area contributed by atoms with Gasteiger partial charge in [-0.05, 0) is 149 Å². The van der Waals surface area contributed by atoms with Crippen LogP contribution in [0.3, 0.4) is 0 Å². The van der Waals surface area contributed by atoms with Gasteiger partial charge in [0.05, 0.1) is 61.8 Å². The predicted octanol–water partition coefficient (Wildman–Crippen LogP) is 29.3. The molecule has 3 aromatic heterocycles. The average molecular weight is 1720 g/mol. The summed E-state index contributed by atoms with van der Waals surface area (Å²) in [4.78, 5) is 51.0. The number of H-pyrrole nitrogens is 1. The van der Waals surface area contributed by atoms with Crippen molar-refractivity contribution in [3.05, 3.63) is 249 Å². The van der Waals surface area contributed by atoms with Gasteiger partial charge >= 0.3 is 0 Å². The minimum atomic E-state index is 0.352. The summed E-state index contributed by atoms with van der Waals surface area (Å²) in [6, 6.07) is 84.9. The smallest absolute Gasteiger partial charge is 0.167 e. The van der Waals surface area contributed by atoms with Crippen LogP contribution in [0.4, 0.5) is 85.3 Å². The summed E-state index contributed by atoms with van der Waals surface area (Å²) >= 11 is 15.0. The first-order valence-corrected chi connectivity index (χ1v) is 48.5. The van der Waals surface area contributed by atoms with Crippen LogP contribution in [0.15, 0.2) is 288 Å². The summed E-state index contributed by atoms with van der Waals surface area (Å²) in [6.45, 7) is 18.0. The maximum absolute atomic E-state index is 6.44. The molecular weight excluding hydrogens is 1630 g/mol. The van der Waals surface area contributed by atoms with Crippen molar-refractivity contribution in [2.45, 2.75) is 94.6 Å². The predicted molar refractivity (Wildman–Crippen MR) is 524 cm³/mol. The van der Waals surface area contributed by atoms with Crippen molar-refractivity contribution in [2.24, 2.45) is 0 Å². The second kappa shape index (κ2) is 37.9. The van der Waals surface area contributed by atoms with Crippen LogP contribution in [0.5, 0.6) is 0 Å². The highest BCUT2D eigenvalue weighted by Gasteiger charge is 2.37. The van der Waals surface area contributed by atoms with E-state index in [1.807, 2.05) is 143 Å². The van der Waals surface area contributed by atoms with E-state index in [9.17, 15) is 0 Å². The number of para-hydroxylation sites is 8. The summed E-state index contributed by atoms with van der Waals surface area (Å²) in [5.41, 5.74) is 21.0. The molecule has 12 aromatic carbocycles. The maximum atomic E-state index is 6.44. The highest BCUT2D eigenvalue weighted by molar-refractivity contribution is 8.05. The molecule has 0 saturated heterocycles. The highest BCUT2D eigenvalue weighted by atomic mass is 32.2. The Bertz CT molecular complexity index is 6400. The zero-order valence-electron chi connectivity index (χ0n) is 67.7. The normalized spacial score (nSPS) is 11.5. The van der Waals surface area contributed by atoms with Crippen LogP contribution < -0.4 is 42.6 Å². The topological polar surface area (TPSA) is 194 Å². The SMILES string of the molecule is CCSc1c(SCC)c(SCC)c2c(c1SCC)-c1nc-2nc2c3c(Nc4ccccc4)c(Nc4ccccc4)c(Nc4ccccc4)c(Nc4ccccc4)c3c(nc3nc(nc4[nH]c(n1)c1c(SCC)c(SCC)c(SCC)c(SCC)c41)-c1cc(Nc4ccccc4)c(Nc4ccccc4)c(Nc4ccccc4)c1-3)n2Nc1ccccc1. The van der Waals surface area contributed by atoms with Crippen molar-refractivity contribution in [1.29, 1.82) is 0 Å². The van der Waals surface area contributed by atoms with Crippen LogP contribution in [0, 0.1) is 0 Å². The van der Waals surface area contributed by atoms with Crippen LogP contribution in [-0.4, -0.2) is 85.6 Å². The van der Waals surface area contributed by atoms with Gasteiger partial charge in [0.1, 0.15) is 11.3 Å². The molecule has 0 radical (unpaired) electrons. The Labute approximate surface area is 734 Å². The van der Waals surface area contributed by atoms with Gasteiger partial charge < -0.3 is 42.2 Å². The molecule has 2 aliphatic rings. The first kappa shape index (κ1) is 81.6. The van der Waals surface area contributed by atoms with Crippen molar-refractivity contribution in [1.82, 2.24) is 39.6 Å². The monoisotopic (exact) mass is 1720 g/mol. The van der Waals surface area contributed by atoms with E-state index in [1.165, 1.54) is 19.6 Å². The van der Waals surface area contributed by atoms with Gasteiger partial charge in [0.25, 0.3) is 0 Å². The molecule has 9 N–H and O–H groups in total. The summed E-state index contributed by atoms with van der Waals surface area (Å²) in [7, 11) is 0. The number of aromatic amines is 1. The Balaban J connectivity index is 1.20. The van der Waals surface area contributed by atoms with E-state index in [-0.39, 0.29) is 0 Å². The van der Waals surface area contributed by atoms with E-state index in [1.54, 1.807) is 0 Å². The van der Waals surface area contributed by atoms with Crippen molar-refractivity contribution in [3.63, 3.8) is 0 Å². The zero-order chi connectivity index (χ0) is 82.0. The van der Waals surface area contributed by atoms with Gasteiger partial charge in [0.15, 0.2) is 34.6 Å². The van der Waals surface area contributed by atoms with Gasteiger partial charge in [-0.3, -0.25) is 5.43 Å². The number of benzene rings is 12. The second-order valence-corrected chi connectivity index (χ2v) is 37.8. The Hall–Kier alpha value is -10.8. The molecule has 17 rings (SSSR count). The Morgan fingerprint density at radius 2 is 0.525 bits per heavy atom. The molecule has 0 atom stereocenters. The Kier molecular flexibility index (Phi) is 25.7. The molecule has 0 amide bonds. The number of fused-ring (bicyclic) bond motifs is 20. The van der Waals surface area contributed by atoms with E-state index >= 15 is 0 Å². The third kappa shape index (κ3) is 16.7. The van der Waals surface area contributed by atoms with E-state index in [2.05, 4.69) is 308 Å². The molecule has 2 aliphatic heterocycles. The largest absolute Gasteiger partial charge is 0.354 e. The van der Waals surface area contributed by atoms with Gasteiger partial charge in [-0.25, -0.2) is 34.6 Å². The molecule has 8 bridgehead atoms. The first-order chi connectivity index (χ1) is 59.2. The maximum Gasteiger partial charge on any atom is 0.167 e. The highest BCUT2D eigenvalue weighted by Crippen LogP contribution is 2.59. The molecule has 120 heavy (non-hydrogen) atoms. The van der Waals surface area contributed by atoms with E-state index in [4.69, 9.17) is 29.9 Å². The fourth-order valence-electron chi connectivity index (χ4n) is 15.1. The lowest BCUT2D eigenvalue weighted by molar-refractivity contribution is 1.00. The van der Waals surface area contributed by atoms with Crippen LogP contribution in [0.2, 0.25) is 0 Å². The Morgan fingerprint density at radius 3 is 0.892 bits per heavy atom. The quantitative estimate of drug-likeness (QED) is 0.0181. The van der Waals surface area contributed by atoms with Gasteiger partial charge in [-0.1, -0.05) is 201 Å². The fourth-order valence-corrected chi connectivity index (χ4v) is 23.9. The molecular formula is C96H90N16S8. The van der Waals surface area contributed by atoms with Gasteiger partial charge in [-0.15, -0.1) is 94.1 Å². The van der Waals surface area contributed by atoms with E-state index in [0.29, 0.717) is 96.2 Å². The molecule has 5 heterocycles. The number of hydrogen-bond acceptors (Lipinski definition) is 22. The minimum Gasteiger partial charge on any atom is -0.354 e. The van der Waals surface area contributed by atoms with Crippen LogP contribution in [0.25, 0.3) is 89.7 Å². The van der Waals surface area contributed by atoms with Crippen LogP contribution in [0.1, 0.15) is 55.4 Å². The Morgan fingerprint density at radius 1 is 0.250 bits per heavy atom. The molecule has 0 saturated carbocycles. The number of nitrogens with one attached hydrogen (secondary N) is 9. The fraction of sp³-hybridized carbons (Fsp3) is 0.167. The van der Waals surface area contributed by atoms with Crippen LogP contribution >= 0.6 is 94.1 Å². The van der Waals surface area contributed by atoms with Crippen molar-refractivity contribution < 1.29 is 0 Å². The molecule has 0 fully saturated rings. The number of hydrogen-bond donors (Lipinski definition) is 9. The number of anilines is 15. The molecule has 602 valence electrons. The van der Waals surface area contributed by atoms with E-state index < -0.39 is 0 Å². The third-order valence-corrected chi connectivity index (χ3v) is 28.5. The molecule has 15 aromatic rings. The molecule has 0 aliphatic carbocycles. The lowest BCUT2D eigenvalue weighted by Crippen LogP contribution is -2.10. The van der Waals surface area contributed by atoms with Crippen LogP contribution in [-0.2, 0) is 0 Å². The second-order valence-electron chi connectivity index (χ2n) is 27.6. The van der Waals surface area contributed by atoms with Gasteiger partial charge in [0, 0.05) is 106 Å². The lowest BCUT2D eigenvalue weighted by Gasteiger charge is -2.24. The number of nitrogens with zero attached hydrogens (tertiary/aromatic N) is 7. The third-order valence-electron chi connectivity index (χ3n) is 19.9. The zero-order valence-corrected chi connectivity index (χ0v) is 74.3. The minimum absolute atomic E-state index is 0.352. The van der Waals surface area contributed by atoms with Gasteiger partial charge in [0.2, 0.25) is 0 Å². The summed E-state index contributed by atoms with van der Waals surface area (Å²) in [6.07, 6.45) is 0.